The van der Waals surface area contributed by atoms with Gasteiger partial charge in [-0.25, -0.2) is 0 Å². The van der Waals surface area contributed by atoms with Crippen LogP contribution in [-0.4, -0.2) is 17.9 Å². The van der Waals surface area contributed by atoms with Gasteiger partial charge in [-0.1, -0.05) is 35.9 Å². The van der Waals surface area contributed by atoms with E-state index in [4.69, 9.17) is 0 Å². The topological polar surface area (TPSA) is 20.3 Å². The van der Waals surface area contributed by atoms with Crippen LogP contribution in [-0.2, 0) is 6.42 Å². The number of halogens is 1. The Labute approximate surface area is 133 Å². The van der Waals surface area contributed by atoms with Crippen LogP contribution in [0.3, 0.4) is 0 Å². The minimum absolute atomic E-state index is 0.0762. The molecule has 0 saturated carbocycles. The quantitative estimate of drug-likeness (QED) is 0.785. The Balaban J connectivity index is 1.91. The summed E-state index contributed by atoms with van der Waals surface area (Å²) in [6, 6.07) is 14.5. The van der Waals surface area contributed by atoms with Crippen LogP contribution in [0.4, 0.5) is 0 Å². The minimum Gasteiger partial charge on any atom is -0.335 e. The van der Waals surface area contributed by atoms with Crippen molar-refractivity contribution in [3.63, 3.8) is 0 Å². The lowest BCUT2D eigenvalue weighted by molar-refractivity contribution is 0.0729. The van der Waals surface area contributed by atoms with Crippen LogP contribution < -0.4 is 0 Å². The molecule has 0 N–H and O–H groups in total. The third-order valence-electron chi connectivity index (χ3n) is 4.24. The normalized spacial score (nSPS) is 16.6. The molecule has 0 aliphatic heterocycles. The molecule has 1 unspecified atom stereocenters. The SMILES string of the molecule is Cc1ccc(Br)c(C(=O)N(C)C2CCc3ccccc32)c1. The molecule has 0 radical (unpaired) electrons. The molecule has 0 heterocycles. The number of carbonyl (C=O) groups excluding carboxylic acids is 1. The van der Waals surface area contributed by atoms with Crippen molar-refractivity contribution in [2.45, 2.75) is 25.8 Å². The number of amides is 1. The molecule has 3 heteroatoms. The van der Waals surface area contributed by atoms with Gasteiger partial charge in [0.15, 0.2) is 0 Å². The number of rotatable bonds is 2. The molecule has 2 aromatic rings. The third kappa shape index (κ3) is 2.62. The van der Waals surface area contributed by atoms with Crippen molar-refractivity contribution in [3.05, 3.63) is 69.2 Å². The van der Waals surface area contributed by atoms with E-state index in [0.717, 1.165) is 28.4 Å². The molecule has 1 aliphatic rings. The molecule has 2 nitrogen and oxygen atoms in total. The van der Waals surface area contributed by atoms with E-state index in [1.807, 2.05) is 37.1 Å². The van der Waals surface area contributed by atoms with Gasteiger partial charge in [-0.05, 0) is 59.0 Å². The Hall–Kier alpha value is -1.61. The number of hydrogen-bond acceptors (Lipinski definition) is 1. The molecule has 21 heavy (non-hydrogen) atoms. The molecule has 0 saturated heterocycles. The summed E-state index contributed by atoms with van der Waals surface area (Å²) in [6.07, 6.45) is 2.05. The zero-order valence-corrected chi connectivity index (χ0v) is 13.9. The van der Waals surface area contributed by atoms with Crippen LogP contribution in [0, 0.1) is 6.92 Å². The number of hydrogen-bond donors (Lipinski definition) is 0. The molecule has 2 aromatic carbocycles. The van der Waals surface area contributed by atoms with E-state index in [2.05, 4.69) is 40.2 Å². The molecule has 0 bridgehead atoms. The monoisotopic (exact) mass is 343 g/mol. The Morgan fingerprint density at radius 2 is 2.00 bits per heavy atom. The molecule has 0 aromatic heterocycles. The standard InChI is InChI=1S/C18H18BrNO/c1-12-7-9-16(19)15(11-12)18(21)20(2)17-10-8-13-5-3-4-6-14(13)17/h3-7,9,11,17H,8,10H2,1-2H3. The maximum absolute atomic E-state index is 12.8. The first-order chi connectivity index (χ1) is 10.1. The average Bonchev–Trinajstić information content (AvgIpc) is 2.92. The van der Waals surface area contributed by atoms with E-state index in [-0.39, 0.29) is 11.9 Å². The largest absolute Gasteiger partial charge is 0.335 e. The Morgan fingerprint density at radius 3 is 2.81 bits per heavy atom. The maximum Gasteiger partial charge on any atom is 0.255 e. The Bertz CT molecular complexity index is 695. The first-order valence-electron chi connectivity index (χ1n) is 7.19. The highest BCUT2D eigenvalue weighted by molar-refractivity contribution is 9.10. The third-order valence-corrected chi connectivity index (χ3v) is 4.93. The lowest BCUT2D eigenvalue weighted by atomic mass is 10.1. The van der Waals surface area contributed by atoms with Crippen molar-refractivity contribution in [1.29, 1.82) is 0 Å². The minimum atomic E-state index is 0.0762. The highest BCUT2D eigenvalue weighted by Gasteiger charge is 2.29. The van der Waals surface area contributed by atoms with Gasteiger partial charge in [0.05, 0.1) is 11.6 Å². The lowest BCUT2D eigenvalue weighted by Crippen LogP contribution is -2.30. The summed E-state index contributed by atoms with van der Waals surface area (Å²) in [6.45, 7) is 2.01. The van der Waals surface area contributed by atoms with E-state index >= 15 is 0 Å². The summed E-state index contributed by atoms with van der Waals surface area (Å²) < 4.78 is 0.858. The first kappa shape index (κ1) is 14.3. The fourth-order valence-electron chi connectivity index (χ4n) is 3.07. The molecule has 1 amide bonds. The second-order valence-corrected chi connectivity index (χ2v) is 6.51. The van der Waals surface area contributed by atoms with E-state index in [0.29, 0.717) is 0 Å². The smallest absolute Gasteiger partial charge is 0.255 e. The van der Waals surface area contributed by atoms with Crippen LogP contribution in [0.25, 0.3) is 0 Å². The van der Waals surface area contributed by atoms with E-state index in [9.17, 15) is 4.79 Å². The predicted molar refractivity (Wildman–Crippen MR) is 88.5 cm³/mol. The van der Waals surface area contributed by atoms with Gasteiger partial charge in [0, 0.05) is 11.5 Å². The first-order valence-corrected chi connectivity index (χ1v) is 7.98. The van der Waals surface area contributed by atoms with Crippen molar-refractivity contribution < 1.29 is 4.79 Å². The Morgan fingerprint density at radius 1 is 1.24 bits per heavy atom. The van der Waals surface area contributed by atoms with E-state index in [1.54, 1.807) is 0 Å². The summed E-state index contributed by atoms with van der Waals surface area (Å²) in [5.41, 5.74) is 4.49. The number of carbonyl (C=O) groups is 1. The van der Waals surface area contributed by atoms with Crippen molar-refractivity contribution >= 4 is 21.8 Å². The zero-order chi connectivity index (χ0) is 15.0. The number of nitrogens with zero attached hydrogens (tertiary/aromatic N) is 1. The van der Waals surface area contributed by atoms with Crippen molar-refractivity contribution in [1.82, 2.24) is 4.90 Å². The summed E-state index contributed by atoms with van der Waals surface area (Å²) in [7, 11) is 1.91. The van der Waals surface area contributed by atoms with Crippen LogP contribution in [0.1, 0.15) is 39.5 Å². The molecule has 3 rings (SSSR count). The number of benzene rings is 2. The molecular formula is C18H18BrNO. The van der Waals surface area contributed by atoms with Crippen LogP contribution >= 0.6 is 15.9 Å². The summed E-state index contributed by atoms with van der Waals surface area (Å²) >= 11 is 3.49. The van der Waals surface area contributed by atoms with Gasteiger partial charge in [0.1, 0.15) is 0 Å². The summed E-state index contributed by atoms with van der Waals surface area (Å²) in [5, 5.41) is 0. The van der Waals surface area contributed by atoms with Crippen LogP contribution in [0.15, 0.2) is 46.9 Å². The van der Waals surface area contributed by atoms with Gasteiger partial charge in [-0.15, -0.1) is 0 Å². The predicted octanol–water partition coefficient (Wildman–Crippen LogP) is 4.52. The van der Waals surface area contributed by atoms with E-state index in [1.165, 1.54) is 11.1 Å². The fraction of sp³-hybridized carbons (Fsp3) is 0.278. The second-order valence-electron chi connectivity index (χ2n) is 5.65. The Kier molecular flexibility index (Phi) is 3.85. The lowest BCUT2D eigenvalue weighted by Gasteiger charge is -2.26. The summed E-state index contributed by atoms with van der Waals surface area (Å²) in [4.78, 5) is 14.7. The van der Waals surface area contributed by atoms with Gasteiger partial charge >= 0.3 is 0 Å². The van der Waals surface area contributed by atoms with Gasteiger partial charge in [-0.3, -0.25) is 4.79 Å². The van der Waals surface area contributed by atoms with Crippen LogP contribution in [0.2, 0.25) is 0 Å². The van der Waals surface area contributed by atoms with E-state index < -0.39 is 0 Å². The number of fused-ring (bicyclic) bond motifs is 1. The van der Waals surface area contributed by atoms with Crippen molar-refractivity contribution in [3.8, 4) is 0 Å². The molecule has 1 atom stereocenters. The molecule has 108 valence electrons. The summed E-state index contributed by atoms with van der Waals surface area (Å²) in [5.74, 6) is 0.0762. The molecule has 0 spiro atoms. The molecule has 0 fully saturated rings. The van der Waals surface area contributed by atoms with Gasteiger partial charge in [0.25, 0.3) is 5.91 Å². The van der Waals surface area contributed by atoms with Crippen molar-refractivity contribution in [2.24, 2.45) is 0 Å². The van der Waals surface area contributed by atoms with Gasteiger partial charge in [-0.2, -0.15) is 0 Å². The fourth-order valence-corrected chi connectivity index (χ4v) is 3.49. The van der Waals surface area contributed by atoms with Gasteiger partial charge < -0.3 is 4.90 Å². The maximum atomic E-state index is 12.8. The highest BCUT2D eigenvalue weighted by atomic mass is 79.9. The number of aryl methyl sites for hydroxylation is 2. The zero-order valence-electron chi connectivity index (χ0n) is 12.3. The highest BCUT2D eigenvalue weighted by Crippen LogP contribution is 2.36. The molecule has 1 aliphatic carbocycles. The van der Waals surface area contributed by atoms with Crippen molar-refractivity contribution in [2.75, 3.05) is 7.05 Å². The average molecular weight is 344 g/mol. The molecular weight excluding hydrogens is 326 g/mol. The second kappa shape index (κ2) is 5.64. The van der Waals surface area contributed by atoms with Gasteiger partial charge in [0.2, 0.25) is 0 Å². The van der Waals surface area contributed by atoms with Crippen LogP contribution in [0.5, 0.6) is 0 Å².